The predicted octanol–water partition coefficient (Wildman–Crippen LogP) is 3.24. The molecule has 122 valence electrons. The van der Waals surface area contributed by atoms with Crippen LogP contribution in [0.15, 0.2) is 0 Å². The van der Waals surface area contributed by atoms with Crippen LogP contribution in [0.25, 0.3) is 0 Å². The largest absolute Gasteiger partial charge is 0.480 e. The van der Waals surface area contributed by atoms with E-state index in [0.29, 0.717) is 18.9 Å². The molecule has 1 rings (SSSR count). The molecule has 1 aliphatic carbocycles. The third-order valence-electron chi connectivity index (χ3n) is 4.54. The van der Waals surface area contributed by atoms with E-state index in [4.69, 9.17) is 0 Å². The van der Waals surface area contributed by atoms with E-state index in [1.807, 2.05) is 4.90 Å². The number of rotatable bonds is 7. The van der Waals surface area contributed by atoms with Crippen molar-refractivity contribution in [2.75, 3.05) is 6.54 Å². The summed E-state index contributed by atoms with van der Waals surface area (Å²) in [5.74, 6) is -0.452. The van der Waals surface area contributed by atoms with Crippen molar-refractivity contribution in [3.8, 4) is 0 Å². The average molecular weight is 298 g/mol. The van der Waals surface area contributed by atoms with E-state index in [9.17, 15) is 14.7 Å². The van der Waals surface area contributed by atoms with Gasteiger partial charge in [0.2, 0.25) is 0 Å². The lowest BCUT2D eigenvalue weighted by molar-refractivity contribution is -0.143. The summed E-state index contributed by atoms with van der Waals surface area (Å²) >= 11 is 0. The lowest BCUT2D eigenvalue weighted by atomic mass is 9.99. The predicted molar refractivity (Wildman–Crippen MR) is 83.3 cm³/mol. The molecule has 0 aliphatic heterocycles. The van der Waals surface area contributed by atoms with Gasteiger partial charge in [0.1, 0.15) is 5.54 Å². The summed E-state index contributed by atoms with van der Waals surface area (Å²) in [6, 6.07) is 0.0351. The molecular formula is C16H30N2O3. The molecule has 1 saturated carbocycles. The molecule has 0 aromatic rings. The van der Waals surface area contributed by atoms with E-state index in [0.717, 1.165) is 32.1 Å². The minimum atomic E-state index is -1.19. The van der Waals surface area contributed by atoms with Crippen molar-refractivity contribution < 1.29 is 14.7 Å². The molecule has 2 amide bonds. The Labute approximate surface area is 128 Å². The highest BCUT2D eigenvalue weighted by atomic mass is 16.4. The van der Waals surface area contributed by atoms with Gasteiger partial charge in [0, 0.05) is 12.6 Å². The van der Waals surface area contributed by atoms with Crippen LogP contribution >= 0.6 is 0 Å². The number of nitrogens with one attached hydrogen (secondary N) is 1. The Morgan fingerprint density at radius 1 is 1.33 bits per heavy atom. The van der Waals surface area contributed by atoms with Gasteiger partial charge in [-0.25, -0.2) is 9.59 Å². The normalized spacial score (nSPS) is 18.5. The van der Waals surface area contributed by atoms with Crippen molar-refractivity contribution in [2.24, 2.45) is 5.92 Å². The zero-order valence-corrected chi connectivity index (χ0v) is 13.8. The molecule has 0 aromatic heterocycles. The van der Waals surface area contributed by atoms with Gasteiger partial charge >= 0.3 is 12.0 Å². The van der Waals surface area contributed by atoms with Gasteiger partial charge in [0.05, 0.1) is 0 Å². The van der Waals surface area contributed by atoms with Gasteiger partial charge in [-0.1, -0.05) is 33.6 Å². The van der Waals surface area contributed by atoms with Crippen LogP contribution in [0.5, 0.6) is 0 Å². The fourth-order valence-electron chi connectivity index (χ4n) is 2.66. The summed E-state index contributed by atoms with van der Waals surface area (Å²) in [6.07, 6.45) is 5.68. The highest BCUT2D eigenvalue weighted by molar-refractivity contribution is 5.86. The molecule has 0 aromatic carbocycles. The van der Waals surface area contributed by atoms with Crippen LogP contribution in [0.2, 0.25) is 0 Å². The Morgan fingerprint density at radius 3 is 2.33 bits per heavy atom. The zero-order chi connectivity index (χ0) is 16.0. The summed E-state index contributed by atoms with van der Waals surface area (Å²) in [5.41, 5.74) is -1.19. The molecule has 2 N–H and O–H groups in total. The lowest BCUT2D eigenvalue weighted by Gasteiger charge is -2.34. The first kappa shape index (κ1) is 17.8. The highest BCUT2D eigenvalue weighted by Gasteiger charge is 2.36. The number of carboxylic acid groups (broad SMARTS) is 1. The van der Waals surface area contributed by atoms with Crippen LogP contribution in [0.4, 0.5) is 4.79 Å². The Hall–Kier alpha value is -1.26. The van der Waals surface area contributed by atoms with Crippen LogP contribution < -0.4 is 5.32 Å². The zero-order valence-electron chi connectivity index (χ0n) is 13.8. The average Bonchev–Trinajstić information content (AvgIpc) is 2.92. The molecule has 1 aliphatic rings. The molecule has 0 heterocycles. The van der Waals surface area contributed by atoms with Crippen molar-refractivity contribution in [1.82, 2.24) is 10.2 Å². The van der Waals surface area contributed by atoms with Gasteiger partial charge in [-0.15, -0.1) is 0 Å². The van der Waals surface area contributed by atoms with Gasteiger partial charge in [-0.3, -0.25) is 0 Å². The smallest absolute Gasteiger partial charge is 0.329 e. The van der Waals surface area contributed by atoms with Crippen molar-refractivity contribution in [3.63, 3.8) is 0 Å². The van der Waals surface area contributed by atoms with Crippen LogP contribution in [-0.2, 0) is 4.79 Å². The lowest BCUT2D eigenvalue weighted by Crippen LogP contribution is -2.57. The van der Waals surface area contributed by atoms with Crippen molar-refractivity contribution >= 4 is 12.0 Å². The SMILES string of the molecule is CCC(C)(NC(=O)N(CCC(C)C)C1CCCC1)C(=O)O. The van der Waals surface area contributed by atoms with Gasteiger partial charge in [0.25, 0.3) is 0 Å². The Morgan fingerprint density at radius 2 is 1.90 bits per heavy atom. The number of aliphatic carboxylic acids is 1. The fourth-order valence-corrected chi connectivity index (χ4v) is 2.66. The van der Waals surface area contributed by atoms with E-state index in [1.54, 1.807) is 13.8 Å². The molecule has 1 unspecified atom stereocenters. The van der Waals surface area contributed by atoms with Gasteiger partial charge in [-0.2, -0.15) is 0 Å². The topological polar surface area (TPSA) is 69.6 Å². The summed E-state index contributed by atoms with van der Waals surface area (Å²) in [6.45, 7) is 8.33. The quantitative estimate of drug-likeness (QED) is 0.758. The van der Waals surface area contributed by atoms with E-state index in [-0.39, 0.29) is 12.1 Å². The standard InChI is InChI=1S/C16H30N2O3/c1-5-16(4,14(19)20)17-15(21)18(11-10-12(2)3)13-8-6-7-9-13/h12-13H,5-11H2,1-4H3,(H,17,21)(H,19,20). The first-order valence-electron chi connectivity index (χ1n) is 8.12. The number of amides is 2. The number of carbonyl (C=O) groups excluding carboxylic acids is 1. The second-order valence-electron chi connectivity index (χ2n) is 6.74. The molecule has 1 atom stereocenters. The molecule has 0 spiro atoms. The highest BCUT2D eigenvalue weighted by Crippen LogP contribution is 2.25. The second-order valence-corrected chi connectivity index (χ2v) is 6.74. The first-order chi connectivity index (χ1) is 9.80. The van der Waals surface area contributed by atoms with E-state index in [1.165, 1.54) is 0 Å². The Kier molecular flexibility index (Phi) is 6.49. The number of carboxylic acids is 1. The number of hydrogen-bond donors (Lipinski definition) is 2. The summed E-state index contributed by atoms with van der Waals surface area (Å²) in [5, 5.41) is 12.0. The van der Waals surface area contributed by atoms with Crippen LogP contribution in [0, 0.1) is 5.92 Å². The first-order valence-corrected chi connectivity index (χ1v) is 8.12. The molecular weight excluding hydrogens is 268 g/mol. The molecule has 0 bridgehead atoms. The molecule has 5 heteroatoms. The van der Waals surface area contributed by atoms with Crippen LogP contribution in [0.1, 0.15) is 66.2 Å². The fraction of sp³-hybridized carbons (Fsp3) is 0.875. The van der Waals surface area contributed by atoms with E-state index in [2.05, 4.69) is 19.2 Å². The summed E-state index contributed by atoms with van der Waals surface area (Å²) in [7, 11) is 0. The summed E-state index contributed by atoms with van der Waals surface area (Å²) in [4.78, 5) is 25.8. The molecule has 1 fully saturated rings. The van der Waals surface area contributed by atoms with Gasteiger partial charge < -0.3 is 15.3 Å². The number of urea groups is 1. The maximum absolute atomic E-state index is 12.6. The monoisotopic (exact) mass is 298 g/mol. The van der Waals surface area contributed by atoms with Crippen molar-refractivity contribution in [3.05, 3.63) is 0 Å². The molecule has 21 heavy (non-hydrogen) atoms. The maximum Gasteiger partial charge on any atom is 0.329 e. The molecule has 0 radical (unpaired) electrons. The third-order valence-corrected chi connectivity index (χ3v) is 4.54. The molecule has 5 nitrogen and oxygen atoms in total. The maximum atomic E-state index is 12.6. The summed E-state index contributed by atoms with van der Waals surface area (Å²) < 4.78 is 0. The van der Waals surface area contributed by atoms with Gasteiger partial charge in [0.15, 0.2) is 0 Å². The Bertz CT molecular complexity index is 365. The van der Waals surface area contributed by atoms with Crippen molar-refractivity contribution in [1.29, 1.82) is 0 Å². The van der Waals surface area contributed by atoms with Gasteiger partial charge in [-0.05, 0) is 38.5 Å². The van der Waals surface area contributed by atoms with Crippen LogP contribution in [-0.4, -0.2) is 40.1 Å². The second kappa shape index (κ2) is 7.66. The number of carbonyl (C=O) groups is 2. The van der Waals surface area contributed by atoms with Crippen LogP contribution in [0.3, 0.4) is 0 Å². The van der Waals surface area contributed by atoms with Crippen molar-refractivity contribution in [2.45, 2.75) is 77.8 Å². The number of hydrogen-bond acceptors (Lipinski definition) is 2. The minimum Gasteiger partial charge on any atom is -0.480 e. The third kappa shape index (κ3) is 4.90. The minimum absolute atomic E-state index is 0.227. The number of nitrogens with zero attached hydrogens (tertiary/aromatic N) is 1. The Balaban J connectivity index is 2.76. The molecule has 0 saturated heterocycles. The van der Waals surface area contributed by atoms with E-state index >= 15 is 0 Å². The van der Waals surface area contributed by atoms with E-state index < -0.39 is 11.5 Å².